The highest BCUT2D eigenvalue weighted by atomic mass is 15.3. The molecule has 4 rings (SSSR count). The predicted octanol–water partition coefficient (Wildman–Crippen LogP) is 3.49. The Morgan fingerprint density at radius 3 is 1.77 bits per heavy atom. The average molecular weight is 350 g/mol. The van der Waals surface area contributed by atoms with Gasteiger partial charge >= 0.3 is 0 Å². The molecule has 0 aliphatic carbocycles. The van der Waals surface area contributed by atoms with Crippen molar-refractivity contribution >= 4 is 0 Å². The monoisotopic (exact) mass is 349 g/mol. The van der Waals surface area contributed by atoms with Gasteiger partial charge in [0.15, 0.2) is 0 Å². The lowest BCUT2D eigenvalue weighted by Gasteiger charge is -2.51. The Kier molecular flexibility index (Phi) is 5.39. The molecule has 0 amide bonds. The summed E-state index contributed by atoms with van der Waals surface area (Å²) in [5.41, 5.74) is 2.81. The fourth-order valence-corrected chi connectivity index (χ4v) is 4.58. The van der Waals surface area contributed by atoms with Crippen LogP contribution < -0.4 is 0 Å². The molecule has 0 N–H and O–H groups in total. The SMILES string of the molecule is CN(C)C1CCN(C2CN(C(c3ccccc3)c3ccccc3)C2)CC1. The molecule has 0 bridgehead atoms. The Labute approximate surface area is 158 Å². The second kappa shape index (κ2) is 7.91. The Morgan fingerprint density at radius 2 is 1.31 bits per heavy atom. The largest absolute Gasteiger partial charge is 0.306 e. The van der Waals surface area contributed by atoms with Gasteiger partial charge < -0.3 is 4.90 Å². The number of likely N-dealkylation sites (tertiary alicyclic amines) is 2. The normalized spacial score (nSPS) is 20.6. The van der Waals surface area contributed by atoms with E-state index in [-0.39, 0.29) is 0 Å². The zero-order chi connectivity index (χ0) is 17.9. The van der Waals surface area contributed by atoms with Crippen molar-refractivity contribution in [2.45, 2.75) is 31.0 Å². The summed E-state index contributed by atoms with van der Waals surface area (Å²) in [5.74, 6) is 0. The van der Waals surface area contributed by atoms with Gasteiger partial charge in [-0.25, -0.2) is 0 Å². The molecule has 0 atom stereocenters. The van der Waals surface area contributed by atoms with Crippen LogP contribution in [0.2, 0.25) is 0 Å². The molecular formula is C23H31N3. The molecule has 2 saturated heterocycles. The summed E-state index contributed by atoms with van der Waals surface area (Å²) in [7, 11) is 4.44. The van der Waals surface area contributed by atoms with Crippen molar-refractivity contribution in [1.82, 2.24) is 14.7 Å². The maximum atomic E-state index is 2.73. The lowest BCUT2D eigenvalue weighted by Crippen LogP contribution is -2.62. The maximum absolute atomic E-state index is 2.73. The first-order chi connectivity index (χ1) is 12.7. The van der Waals surface area contributed by atoms with Crippen molar-refractivity contribution < 1.29 is 0 Å². The first-order valence-corrected chi connectivity index (χ1v) is 9.97. The predicted molar refractivity (Wildman–Crippen MR) is 108 cm³/mol. The topological polar surface area (TPSA) is 9.72 Å². The molecule has 26 heavy (non-hydrogen) atoms. The van der Waals surface area contributed by atoms with Crippen molar-refractivity contribution in [1.29, 1.82) is 0 Å². The molecule has 2 heterocycles. The van der Waals surface area contributed by atoms with Crippen molar-refractivity contribution in [3.05, 3.63) is 71.8 Å². The standard InChI is InChI=1S/C23H31N3/c1-24(2)21-13-15-25(16-14-21)22-17-26(18-22)23(19-9-5-3-6-10-19)20-11-7-4-8-12-20/h3-12,21-23H,13-18H2,1-2H3. The highest BCUT2D eigenvalue weighted by Gasteiger charge is 2.38. The first-order valence-electron chi connectivity index (χ1n) is 9.97. The molecule has 138 valence electrons. The van der Waals surface area contributed by atoms with E-state index in [0.717, 1.165) is 12.1 Å². The Bertz CT molecular complexity index is 632. The quantitative estimate of drug-likeness (QED) is 0.818. The zero-order valence-corrected chi connectivity index (χ0v) is 16.1. The van der Waals surface area contributed by atoms with E-state index in [0.29, 0.717) is 6.04 Å². The van der Waals surface area contributed by atoms with Crippen LogP contribution in [0.25, 0.3) is 0 Å². The molecular weight excluding hydrogens is 318 g/mol. The summed E-state index contributed by atoms with van der Waals surface area (Å²) in [6.45, 7) is 4.87. The van der Waals surface area contributed by atoms with Crippen molar-refractivity contribution in [2.75, 3.05) is 40.3 Å². The number of benzene rings is 2. The average Bonchev–Trinajstić information content (AvgIpc) is 2.66. The lowest BCUT2D eigenvalue weighted by molar-refractivity contribution is -0.00502. The molecule has 2 aromatic rings. The number of hydrogen-bond donors (Lipinski definition) is 0. The fraction of sp³-hybridized carbons (Fsp3) is 0.478. The van der Waals surface area contributed by atoms with Gasteiger partial charge in [-0.2, -0.15) is 0 Å². The van der Waals surface area contributed by atoms with Gasteiger partial charge in [-0.1, -0.05) is 60.7 Å². The molecule has 0 radical (unpaired) electrons. The van der Waals surface area contributed by atoms with Gasteiger partial charge in [-0.3, -0.25) is 9.80 Å². The van der Waals surface area contributed by atoms with Crippen LogP contribution in [0.3, 0.4) is 0 Å². The van der Waals surface area contributed by atoms with Crippen molar-refractivity contribution in [3.8, 4) is 0 Å². The third kappa shape index (κ3) is 3.71. The van der Waals surface area contributed by atoms with E-state index in [1.54, 1.807) is 0 Å². The van der Waals surface area contributed by atoms with Gasteiger partial charge in [0, 0.05) is 38.3 Å². The lowest BCUT2D eigenvalue weighted by atomic mass is 9.91. The summed E-state index contributed by atoms with van der Waals surface area (Å²) in [6, 6.07) is 23.8. The third-order valence-electron chi connectivity index (χ3n) is 6.23. The van der Waals surface area contributed by atoms with Crippen LogP contribution >= 0.6 is 0 Å². The summed E-state index contributed by atoms with van der Waals surface area (Å²) in [6.07, 6.45) is 2.62. The van der Waals surface area contributed by atoms with Crippen LogP contribution in [0.15, 0.2) is 60.7 Å². The van der Waals surface area contributed by atoms with E-state index < -0.39 is 0 Å². The van der Waals surface area contributed by atoms with Gasteiger partial charge in [-0.05, 0) is 38.1 Å². The molecule has 0 aromatic heterocycles. The van der Waals surface area contributed by atoms with Gasteiger partial charge in [0.05, 0.1) is 6.04 Å². The van der Waals surface area contributed by atoms with Crippen LogP contribution in [-0.4, -0.2) is 67.1 Å². The van der Waals surface area contributed by atoms with Crippen molar-refractivity contribution in [2.24, 2.45) is 0 Å². The second-order valence-corrected chi connectivity index (χ2v) is 8.06. The number of nitrogens with zero attached hydrogens (tertiary/aromatic N) is 3. The van der Waals surface area contributed by atoms with Crippen LogP contribution in [0.1, 0.15) is 30.0 Å². The third-order valence-corrected chi connectivity index (χ3v) is 6.23. The van der Waals surface area contributed by atoms with E-state index in [9.17, 15) is 0 Å². The van der Waals surface area contributed by atoms with E-state index in [4.69, 9.17) is 0 Å². The number of rotatable bonds is 5. The second-order valence-electron chi connectivity index (χ2n) is 8.06. The molecule has 2 aliphatic heterocycles. The van der Waals surface area contributed by atoms with Gasteiger partial charge in [0.2, 0.25) is 0 Å². The molecule has 2 fully saturated rings. The van der Waals surface area contributed by atoms with E-state index >= 15 is 0 Å². The highest BCUT2D eigenvalue weighted by molar-refractivity contribution is 5.32. The van der Waals surface area contributed by atoms with Crippen LogP contribution in [0.4, 0.5) is 0 Å². The minimum absolute atomic E-state index is 0.382. The summed E-state index contributed by atoms with van der Waals surface area (Å²) in [5, 5.41) is 0. The molecule has 2 aliphatic rings. The van der Waals surface area contributed by atoms with E-state index in [1.807, 2.05) is 0 Å². The summed E-state index contributed by atoms with van der Waals surface area (Å²) < 4.78 is 0. The van der Waals surface area contributed by atoms with Crippen LogP contribution in [0.5, 0.6) is 0 Å². The molecule has 3 nitrogen and oxygen atoms in total. The smallest absolute Gasteiger partial charge is 0.0602 e. The first kappa shape index (κ1) is 17.7. The van der Waals surface area contributed by atoms with E-state index in [1.165, 1.54) is 50.1 Å². The maximum Gasteiger partial charge on any atom is 0.0602 e. The van der Waals surface area contributed by atoms with Gasteiger partial charge in [0.25, 0.3) is 0 Å². The van der Waals surface area contributed by atoms with Gasteiger partial charge in [-0.15, -0.1) is 0 Å². The van der Waals surface area contributed by atoms with Crippen LogP contribution in [-0.2, 0) is 0 Å². The minimum atomic E-state index is 0.382. The molecule has 0 unspecified atom stereocenters. The zero-order valence-electron chi connectivity index (χ0n) is 16.1. The summed E-state index contributed by atoms with van der Waals surface area (Å²) >= 11 is 0. The number of piperidine rings is 1. The molecule has 3 heteroatoms. The van der Waals surface area contributed by atoms with Crippen LogP contribution in [0, 0.1) is 0 Å². The van der Waals surface area contributed by atoms with Crippen molar-refractivity contribution in [3.63, 3.8) is 0 Å². The Morgan fingerprint density at radius 1 is 0.808 bits per heavy atom. The van der Waals surface area contributed by atoms with Gasteiger partial charge in [0.1, 0.15) is 0 Å². The molecule has 2 aromatic carbocycles. The fourth-order valence-electron chi connectivity index (χ4n) is 4.58. The Balaban J connectivity index is 1.42. The summed E-state index contributed by atoms with van der Waals surface area (Å²) in [4.78, 5) is 7.77. The molecule has 0 saturated carbocycles. The number of hydrogen-bond acceptors (Lipinski definition) is 3. The van der Waals surface area contributed by atoms with E-state index in [2.05, 4.69) is 89.5 Å². The highest BCUT2D eigenvalue weighted by Crippen LogP contribution is 2.34. The molecule has 0 spiro atoms. The Hall–Kier alpha value is -1.68. The minimum Gasteiger partial charge on any atom is -0.306 e.